The molecule has 492 valence electrons. The molecule has 0 spiro atoms. The van der Waals surface area contributed by atoms with E-state index in [0.29, 0.717) is 28.4 Å². The number of aliphatic hydroxyl groups is 2. The van der Waals surface area contributed by atoms with Gasteiger partial charge >= 0.3 is 0 Å². The largest absolute Gasteiger partial charge is 0.508 e. The summed E-state index contributed by atoms with van der Waals surface area (Å²) >= 11 is 1.42. The number of hydrogen-bond acceptors (Lipinski definition) is 19. The van der Waals surface area contributed by atoms with E-state index in [1.807, 2.05) is 6.26 Å². The number of imidazole rings is 3. The monoisotopic (exact) mass is 1270 g/mol. The van der Waals surface area contributed by atoms with Gasteiger partial charge in [-0.3, -0.25) is 57.7 Å². The topological polar surface area (TPSA) is 499 Å². The van der Waals surface area contributed by atoms with Gasteiger partial charge in [-0.25, -0.2) is 15.0 Å². The van der Waals surface area contributed by atoms with Crippen LogP contribution in [0.25, 0.3) is 0 Å². The van der Waals surface area contributed by atoms with Crippen LogP contribution in [0.4, 0.5) is 0 Å². The lowest BCUT2D eigenvalue weighted by Gasteiger charge is -2.28. The number of aromatic amines is 3. The van der Waals surface area contributed by atoms with Crippen molar-refractivity contribution in [3.63, 3.8) is 0 Å². The number of primary amides is 2. The number of carbonyl (C=O) groups is 11. The number of aromatic hydroxyl groups is 1. The molecule has 11 atom stereocenters. The fourth-order valence-electron chi connectivity index (χ4n) is 10.1. The lowest BCUT2D eigenvalue weighted by molar-refractivity contribution is -0.138. The van der Waals surface area contributed by atoms with Gasteiger partial charge in [-0.15, -0.1) is 0 Å². The van der Waals surface area contributed by atoms with E-state index in [9.17, 15) is 68.1 Å². The molecule has 0 unspecified atom stereocenters. The summed E-state index contributed by atoms with van der Waals surface area (Å²) in [6.45, 7) is 5.34. The van der Waals surface area contributed by atoms with Crippen molar-refractivity contribution in [3.8, 4) is 5.75 Å². The van der Waals surface area contributed by atoms with E-state index < -0.39 is 169 Å². The molecule has 0 aliphatic rings. The molecule has 0 saturated carbocycles. The average molecular weight is 1270 g/mol. The van der Waals surface area contributed by atoms with Gasteiger partial charge in [0.05, 0.1) is 74.0 Å². The second kappa shape index (κ2) is 37.4. The van der Waals surface area contributed by atoms with E-state index in [1.165, 1.54) is 74.3 Å². The summed E-state index contributed by atoms with van der Waals surface area (Å²) < 4.78 is 0. The smallest absolute Gasteiger partial charge is 0.226 e. The number of nitrogens with zero attached hydrogens (tertiary/aromatic N) is 4. The molecule has 90 heavy (non-hydrogen) atoms. The van der Waals surface area contributed by atoms with Crippen molar-refractivity contribution in [2.45, 2.75) is 141 Å². The van der Waals surface area contributed by atoms with E-state index in [1.54, 1.807) is 27.0 Å². The zero-order valence-corrected chi connectivity index (χ0v) is 52.2. The first-order valence-corrected chi connectivity index (χ1v) is 31.0. The van der Waals surface area contributed by atoms with Crippen molar-refractivity contribution in [1.29, 1.82) is 0 Å². The van der Waals surface area contributed by atoms with Crippen LogP contribution < -0.4 is 44.2 Å². The Labute approximate surface area is 525 Å². The van der Waals surface area contributed by atoms with Crippen LogP contribution in [0.2, 0.25) is 0 Å². The van der Waals surface area contributed by atoms with Crippen molar-refractivity contribution in [3.05, 3.63) is 84.5 Å². The molecule has 0 bridgehead atoms. The maximum absolute atomic E-state index is 14.7. The number of thioether (sulfide) groups is 1. The molecule has 30 heteroatoms. The number of hydrogen-bond donors (Lipinski definition) is 14. The standard InChI is InChI=1S/C60H87N15O14S/c1-32(2)53(50(82)22-39(18-43-27-67-31-71-43)57(87)72-45(12-14-90-5)48(80)20-37(55(62)85)17-42-26-66-30-70-42)74-58(88)38(16-35-8-10-44(78)11-9-35)21-49(81)46(24-52(61)84)73-56(86)36(7-6-13-68-60(63)64)19-51(83)54(34(4)77)75-59(89)40(28-76)23-47(79)33(3)15-41-25-65-29-69-41/h8-11,25-27,29-34,36-40,45-46,53-54,76-78H,6-7,12-24,28H2,1-5H3,(H2,61,84)(H2,62,85)(H,65,69)(H,66,70)(H,67,71)(H,72,87)(H,73,86)(H,74,88)(H,75,89)(H4,63,64,68)/t33-,34+,36+,37+,38+,39+,40-,45-,46-,53-,54-/m0/s1. The van der Waals surface area contributed by atoms with Gasteiger partial charge in [-0.05, 0) is 74.7 Å². The number of aliphatic imine (C=N–C) groups is 1. The lowest BCUT2D eigenvalue weighted by atomic mass is 9.87. The summed E-state index contributed by atoms with van der Waals surface area (Å²) in [7, 11) is 0. The van der Waals surface area contributed by atoms with Crippen molar-refractivity contribution >= 4 is 82.1 Å². The Kier molecular flexibility index (Phi) is 30.7. The highest BCUT2D eigenvalue weighted by Gasteiger charge is 2.38. The molecule has 3 heterocycles. The zero-order valence-electron chi connectivity index (χ0n) is 51.4. The second-order valence-corrected chi connectivity index (χ2v) is 24.0. The first-order valence-electron chi connectivity index (χ1n) is 29.6. The Bertz CT molecular complexity index is 3030. The number of H-pyrrole nitrogens is 3. The fourth-order valence-corrected chi connectivity index (χ4v) is 10.6. The molecule has 1 aromatic carbocycles. The second-order valence-electron chi connectivity index (χ2n) is 23.0. The van der Waals surface area contributed by atoms with Crippen LogP contribution in [-0.4, -0.2) is 171 Å². The normalized spacial score (nSPS) is 15.0. The number of phenols is 1. The molecule has 6 amide bonds. The van der Waals surface area contributed by atoms with E-state index in [4.69, 9.17) is 22.9 Å². The Morgan fingerprint density at radius 1 is 0.556 bits per heavy atom. The summed E-state index contributed by atoms with van der Waals surface area (Å²) in [6, 6.07) is -0.0332. The maximum Gasteiger partial charge on any atom is 0.226 e. The Morgan fingerprint density at radius 2 is 1.02 bits per heavy atom. The molecular formula is C60H87N15O14S. The zero-order chi connectivity index (χ0) is 66.6. The summed E-state index contributed by atoms with van der Waals surface area (Å²) in [6.07, 6.45) is 5.98. The number of aliphatic hydroxyl groups excluding tert-OH is 2. The maximum atomic E-state index is 14.7. The van der Waals surface area contributed by atoms with Crippen molar-refractivity contribution in [1.82, 2.24) is 51.2 Å². The minimum atomic E-state index is -1.71. The van der Waals surface area contributed by atoms with Gasteiger partial charge in [0, 0.05) is 105 Å². The Balaban J connectivity index is 1.59. The predicted molar refractivity (Wildman–Crippen MR) is 331 cm³/mol. The highest BCUT2D eigenvalue weighted by Crippen LogP contribution is 2.24. The third kappa shape index (κ3) is 25.1. The van der Waals surface area contributed by atoms with Gasteiger partial charge in [-0.2, -0.15) is 11.8 Å². The van der Waals surface area contributed by atoms with Gasteiger partial charge in [0.2, 0.25) is 35.4 Å². The first-order chi connectivity index (χ1) is 42.7. The Morgan fingerprint density at radius 3 is 1.54 bits per heavy atom. The number of amides is 6. The predicted octanol–water partition coefficient (Wildman–Crippen LogP) is -0.519. The number of Topliss-reactive ketones (excluding diaryl/α,β-unsaturated/α-hetero) is 5. The fraction of sp³-hybridized carbons (Fsp3) is 0.550. The molecule has 0 radical (unpaired) electrons. The van der Waals surface area contributed by atoms with E-state index in [0.717, 1.165) is 0 Å². The molecule has 18 N–H and O–H groups in total. The first kappa shape index (κ1) is 73.8. The van der Waals surface area contributed by atoms with Crippen LogP contribution in [0.5, 0.6) is 5.75 Å². The molecule has 0 fully saturated rings. The van der Waals surface area contributed by atoms with Gasteiger partial charge in [0.25, 0.3) is 0 Å². The number of nitrogens with one attached hydrogen (secondary N) is 7. The number of aromatic nitrogens is 6. The molecule has 4 aromatic rings. The summed E-state index contributed by atoms with van der Waals surface area (Å²) in [5.74, 6) is -15.5. The number of ketones is 5. The lowest BCUT2D eigenvalue weighted by Crippen LogP contribution is -2.52. The van der Waals surface area contributed by atoms with Crippen LogP contribution in [0.3, 0.4) is 0 Å². The number of nitrogens with two attached hydrogens (primary N) is 4. The highest BCUT2D eigenvalue weighted by molar-refractivity contribution is 7.98. The van der Waals surface area contributed by atoms with Crippen LogP contribution in [0, 0.1) is 41.4 Å². The molecule has 0 saturated heterocycles. The van der Waals surface area contributed by atoms with Gasteiger partial charge in [0.15, 0.2) is 29.1 Å². The molecule has 4 rings (SSSR count). The average Bonchev–Trinajstić information content (AvgIpc) is 1.82. The van der Waals surface area contributed by atoms with Crippen LogP contribution in [0.15, 0.2) is 66.8 Å². The third-order valence-corrected chi connectivity index (χ3v) is 15.9. The van der Waals surface area contributed by atoms with E-state index in [2.05, 4.69) is 56.2 Å². The highest BCUT2D eigenvalue weighted by atomic mass is 32.2. The summed E-state index contributed by atoms with van der Waals surface area (Å²) in [4.78, 5) is 177. The summed E-state index contributed by atoms with van der Waals surface area (Å²) in [5.41, 5.74) is 24.6. The van der Waals surface area contributed by atoms with Gasteiger partial charge < -0.3 is 74.5 Å². The molecular weight excluding hydrogens is 1190 g/mol. The van der Waals surface area contributed by atoms with Crippen molar-refractivity contribution in [2.75, 3.05) is 25.2 Å². The number of phenolic OH excluding ortho intramolecular Hbond substituents is 1. The number of rotatable bonds is 44. The minimum Gasteiger partial charge on any atom is -0.508 e. The Hall–Kier alpha value is -8.64. The number of guanidine groups is 1. The summed E-state index contributed by atoms with van der Waals surface area (Å²) in [5, 5.41) is 41.6. The quantitative estimate of drug-likeness (QED) is 0.0150. The minimum absolute atomic E-state index is 0.0221. The van der Waals surface area contributed by atoms with Crippen LogP contribution in [0.1, 0.15) is 108 Å². The van der Waals surface area contributed by atoms with Crippen LogP contribution >= 0.6 is 11.8 Å². The SMILES string of the molecule is CSCC[C@H](NC(=O)[C@@H](CC(=O)[C@@H](NC(=O)[C@@H](CC(=O)[C@H](CC(N)=O)NC(=O)[C@H](CCCN=C(N)N)CC(=O)[C@@H](NC(=O)[C@H](CO)CC(=O)[C@@H](C)Cc1cnc[nH]1)[C@@H](C)O)Cc1ccc(O)cc1)C(C)C)Cc1cnc[nH]1)C(=O)C[C@@H](Cc1cnc[nH]1)C(N)=O. The van der Waals surface area contributed by atoms with E-state index >= 15 is 0 Å². The van der Waals surface area contributed by atoms with Crippen molar-refractivity contribution < 1.29 is 68.1 Å². The van der Waals surface area contributed by atoms with Gasteiger partial charge in [-0.1, -0.05) is 32.9 Å². The number of benzene rings is 1. The molecule has 29 nitrogen and oxygen atoms in total. The third-order valence-electron chi connectivity index (χ3n) is 15.3. The van der Waals surface area contributed by atoms with Crippen molar-refractivity contribution in [2.24, 2.45) is 69.4 Å². The molecule has 0 aliphatic heterocycles. The van der Waals surface area contributed by atoms with Crippen LogP contribution in [-0.2, 0) is 78.4 Å². The van der Waals surface area contributed by atoms with E-state index in [-0.39, 0.29) is 75.4 Å². The van der Waals surface area contributed by atoms with Gasteiger partial charge in [0.1, 0.15) is 17.6 Å². The molecule has 3 aromatic heterocycles. The molecule has 0 aliphatic carbocycles. The number of carbonyl (C=O) groups excluding carboxylic acids is 11.